The quantitative estimate of drug-likeness (QED) is 0.866. The van der Waals surface area contributed by atoms with E-state index >= 15 is 0 Å². The van der Waals surface area contributed by atoms with E-state index in [1.54, 1.807) is 19.2 Å². The third kappa shape index (κ3) is 3.52. The van der Waals surface area contributed by atoms with Gasteiger partial charge in [-0.3, -0.25) is 4.79 Å². The van der Waals surface area contributed by atoms with E-state index in [-0.39, 0.29) is 24.5 Å². The van der Waals surface area contributed by atoms with Crippen LogP contribution in [0.3, 0.4) is 0 Å². The number of aliphatic carboxylic acids is 1. The van der Waals surface area contributed by atoms with E-state index < -0.39 is 17.3 Å². The van der Waals surface area contributed by atoms with Crippen LogP contribution in [-0.4, -0.2) is 41.6 Å². The Labute approximate surface area is 141 Å². The van der Waals surface area contributed by atoms with Crippen molar-refractivity contribution >= 4 is 11.9 Å². The van der Waals surface area contributed by atoms with Gasteiger partial charge < -0.3 is 14.7 Å². The number of nitrogens with zero attached hydrogens (tertiary/aromatic N) is 1. The van der Waals surface area contributed by atoms with Crippen LogP contribution in [0.25, 0.3) is 0 Å². The van der Waals surface area contributed by atoms with E-state index in [0.717, 1.165) is 19.3 Å². The van der Waals surface area contributed by atoms with E-state index in [1.165, 1.54) is 18.1 Å². The van der Waals surface area contributed by atoms with E-state index in [4.69, 9.17) is 4.74 Å². The number of rotatable bonds is 6. The van der Waals surface area contributed by atoms with Gasteiger partial charge in [0.15, 0.2) is 11.6 Å². The maximum absolute atomic E-state index is 14.1. The number of carbonyl (C=O) groups is 2. The number of hydrogen-bond acceptors (Lipinski definition) is 3. The van der Waals surface area contributed by atoms with Gasteiger partial charge >= 0.3 is 5.97 Å². The van der Waals surface area contributed by atoms with Crippen LogP contribution < -0.4 is 4.74 Å². The van der Waals surface area contributed by atoms with E-state index in [2.05, 4.69) is 0 Å². The van der Waals surface area contributed by atoms with Gasteiger partial charge in [-0.15, -0.1) is 0 Å². The van der Waals surface area contributed by atoms with Gasteiger partial charge in [-0.05, 0) is 30.9 Å². The predicted molar refractivity (Wildman–Crippen MR) is 87.5 cm³/mol. The number of halogens is 1. The van der Waals surface area contributed by atoms with Crippen LogP contribution in [0.5, 0.6) is 5.75 Å². The van der Waals surface area contributed by atoms with Gasteiger partial charge in [0, 0.05) is 13.5 Å². The molecule has 0 spiro atoms. The highest BCUT2D eigenvalue weighted by Crippen LogP contribution is 2.34. The van der Waals surface area contributed by atoms with Crippen molar-refractivity contribution in [2.45, 2.75) is 50.5 Å². The Morgan fingerprint density at radius 2 is 1.96 bits per heavy atom. The molecule has 0 bridgehead atoms. The van der Waals surface area contributed by atoms with Crippen molar-refractivity contribution in [2.75, 3.05) is 14.2 Å². The van der Waals surface area contributed by atoms with Crippen molar-refractivity contribution < 1.29 is 23.8 Å². The molecule has 1 N–H and O–H groups in total. The fraction of sp³-hybridized carbons (Fsp3) is 0.556. The first-order chi connectivity index (χ1) is 11.4. The molecule has 1 aliphatic rings. The van der Waals surface area contributed by atoms with Crippen molar-refractivity contribution in [3.8, 4) is 5.75 Å². The van der Waals surface area contributed by atoms with E-state index in [9.17, 15) is 19.1 Å². The molecule has 1 amide bonds. The molecule has 1 saturated carbocycles. The molecule has 0 aliphatic heterocycles. The highest BCUT2D eigenvalue weighted by Gasteiger charge is 2.45. The van der Waals surface area contributed by atoms with E-state index in [1.807, 2.05) is 0 Å². The smallest absolute Gasteiger partial charge is 0.329 e. The number of benzene rings is 1. The first kappa shape index (κ1) is 18.2. The molecule has 0 heterocycles. The third-order valence-corrected chi connectivity index (χ3v) is 4.97. The van der Waals surface area contributed by atoms with Crippen molar-refractivity contribution in [3.63, 3.8) is 0 Å². The highest BCUT2D eigenvalue weighted by atomic mass is 19.1. The summed E-state index contributed by atoms with van der Waals surface area (Å²) in [7, 11) is 2.94. The number of carboxylic acid groups (broad SMARTS) is 1. The Bertz CT molecular complexity index is 611. The summed E-state index contributed by atoms with van der Waals surface area (Å²) in [5.74, 6) is -1.56. The minimum Gasteiger partial charge on any atom is -0.494 e. The van der Waals surface area contributed by atoms with Crippen LogP contribution in [0, 0.1) is 5.82 Å². The monoisotopic (exact) mass is 337 g/mol. The van der Waals surface area contributed by atoms with Crippen LogP contribution in [0.2, 0.25) is 0 Å². The fourth-order valence-corrected chi connectivity index (χ4v) is 3.38. The zero-order valence-electron chi connectivity index (χ0n) is 14.2. The molecule has 6 heteroatoms. The molecular weight excluding hydrogens is 313 g/mol. The summed E-state index contributed by atoms with van der Waals surface area (Å²) in [6.07, 6.45) is 3.81. The molecule has 0 unspecified atom stereocenters. The Morgan fingerprint density at radius 3 is 2.54 bits per heavy atom. The fourth-order valence-electron chi connectivity index (χ4n) is 3.38. The standard InChI is InChI=1S/C18H24FNO4/c1-20(18(17(22)23)11-4-3-5-12-18)15(21)10-9-13-7-6-8-14(24-2)16(13)19/h6-8H,3-5,9-12H2,1-2H3,(H,22,23). The molecule has 24 heavy (non-hydrogen) atoms. The normalized spacial score (nSPS) is 16.5. The first-order valence-corrected chi connectivity index (χ1v) is 8.24. The lowest BCUT2D eigenvalue weighted by atomic mass is 9.80. The molecule has 1 aliphatic carbocycles. The highest BCUT2D eigenvalue weighted by molar-refractivity contribution is 5.87. The molecule has 132 valence electrons. The lowest BCUT2D eigenvalue weighted by Gasteiger charge is -2.41. The second-order valence-electron chi connectivity index (χ2n) is 6.28. The first-order valence-electron chi connectivity index (χ1n) is 8.24. The Morgan fingerprint density at radius 1 is 1.29 bits per heavy atom. The second kappa shape index (κ2) is 7.64. The largest absolute Gasteiger partial charge is 0.494 e. The maximum Gasteiger partial charge on any atom is 0.329 e. The molecule has 0 atom stereocenters. The molecule has 1 fully saturated rings. The summed E-state index contributed by atoms with van der Waals surface area (Å²) >= 11 is 0. The average Bonchev–Trinajstić information content (AvgIpc) is 2.60. The van der Waals surface area contributed by atoms with Crippen LogP contribution in [-0.2, 0) is 16.0 Å². The molecule has 5 nitrogen and oxygen atoms in total. The van der Waals surface area contributed by atoms with Gasteiger partial charge in [-0.25, -0.2) is 9.18 Å². The number of carboxylic acids is 1. The average molecular weight is 337 g/mol. The van der Waals surface area contributed by atoms with Crippen molar-refractivity contribution in [3.05, 3.63) is 29.6 Å². The van der Waals surface area contributed by atoms with Crippen LogP contribution in [0.15, 0.2) is 18.2 Å². The number of carbonyl (C=O) groups excluding carboxylic acids is 1. The van der Waals surface area contributed by atoms with E-state index in [0.29, 0.717) is 18.4 Å². The van der Waals surface area contributed by atoms with Gasteiger partial charge in [-0.1, -0.05) is 31.4 Å². The van der Waals surface area contributed by atoms with Crippen LogP contribution in [0.4, 0.5) is 4.39 Å². The number of amides is 1. The van der Waals surface area contributed by atoms with Gasteiger partial charge in [-0.2, -0.15) is 0 Å². The summed E-state index contributed by atoms with van der Waals surface area (Å²) in [6.45, 7) is 0. The molecular formula is C18H24FNO4. The minimum absolute atomic E-state index is 0.0651. The molecule has 0 radical (unpaired) electrons. The molecule has 1 aromatic rings. The van der Waals surface area contributed by atoms with Crippen molar-refractivity contribution in [2.24, 2.45) is 0 Å². The Hall–Kier alpha value is -2.11. The van der Waals surface area contributed by atoms with Gasteiger partial charge in [0.1, 0.15) is 5.54 Å². The molecule has 0 saturated heterocycles. The minimum atomic E-state index is -1.12. The van der Waals surface area contributed by atoms with Crippen molar-refractivity contribution in [1.82, 2.24) is 4.90 Å². The maximum atomic E-state index is 14.1. The third-order valence-electron chi connectivity index (χ3n) is 4.97. The number of hydrogen-bond donors (Lipinski definition) is 1. The number of likely N-dealkylation sites (N-methyl/N-ethyl adjacent to an activating group) is 1. The second-order valence-corrected chi connectivity index (χ2v) is 6.28. The summed E-state index contributed by atoms with van der Waals surface area (Å²) in [6, 6.07) is 4.80. The lowest BCUT2D eigenvalue weighted by molar-refractivity contribution is -0.160. The predicted octanol–water partition coefficient (Wildman–Crippen LogP) is 3.01. The number of methoxy groups -OCH3 is 1. The molecule has 0 aromatic heterocycles. The number of aryl methyl sites for hydroxylation is 1. The van der Waals surface area contributed by atoms with Crippen LogP contribution >= 0.6 is 0 Å². The number of ether oxygens (including phenoxy) is 1. The van der Waals surface area contributed by atoms with Gasteiger partial charge in [0.25, 0.3) is 0 Å². The molecule has 2 rings (SSSR count). The molecule has 1 aromatic carbocycles. The zero-order chi connectivity index (χ0) is 17.7. The summed E-state index contributed by atoms with van der Waals surface area (Å²) in [5, 5.41) is 9.64. The summed E-state index contributed by atoms with van der Waals surface area (Å²) in [4.78, 5) is 25.6. The SMILES string of the molecule is COc1cccc(CCC(=O)N(C)C2(C(=O)O)CCCCC2)c1F. The zero-order valence-corrected chi connectivity index (χ0v) is 14.2. The Balaban J connectivity index is 2.07. The lowest BCUT2D eigenvalue weighted by Crippen LogP contribution is -2.56. The summed E-state index contributed by atoms with van der Waals surface area (Å²) in [5.41, 5.74) is -0.730. The van der Waals surface area contributed by atoms with Gasteiger partial charge in [0.05, 0.1) is 7.11 Å². The van der Waals surface area contributed by atoms with Crippen LogP contribution in [0.1, 0.15) is 44.1 Å². The topological polar surface area (TPSA) is 66.8 Å². The van der Waals surface area contributed by atoms with Gasteiger partial charge in [0.2, 0.25) is 5.91 Å². The summed E-state index contributed by atoms with van der Waals surface area (Å²) < 4.78 is 19.1. The Kier molecular flexibility index (Phi) is 5.80. The van der Waals surface area contributed by atoms with Crippen molar-refractivity contribution in [1.29, 1.82) is 0 Å².